The van der Waals surface area contributed by atoms with Crippen LogP contribution in [0.5, 0.6) is 17.2 Å². The van der Waals surface area contributed by atoms with Gasteiger partial charge in [-0.1, -0.05) is 0 Å². The summed E-state index contributed by atoms with van der Waals surface area (Å²) in [6, 6.07) is 16.9. The van der Waals surface area contributed by atoms with Gasteiger partial charge >= 0.3 is 0 Å². The molecule has 0 saturated heterocycles. The molecule has 0 amide bonds. The van der Waals surface area contributed by atoms with E-state index < -0.39 is 10.0 Å². The maximum absolute atomic E-state index is 12.6. The highest BCUT2D eigenvalue weighted by Gasteiger charge is 2.14. The number of anilines is 1. The van der Waals surface area contributed by atoms with Crippen LogP contribution in [-0.2, 0) is 10.0 Å². The summed E-state index contributed by atoms with van der Waals surface area (Å²) in [7, 11) is 0.938. The van der Waals surface area contributed by atoms with Crippen LogP contribution in [0.1, 0.15) is 5.56 Å². The van der Waals surface area contributed by atoms with Crippen molar-refractivity contribution in [3.8, 4) is 17.2 Å². The number of aliphatic imine (C=N–C) groups is 1. The molecule has 0 radical (unpaired) electrons. The number of rotatable bonds is 8. The van der Waals surface area contributed by atoms with Crippen molar-refractivity contribution in [2.45, 2.75) is 4.90 Å². The van der Waals surface area contributed by atoms with Crippen LogP contribution >= 0.6 is 22.6 Å². The summed E-state index contributed by atoms with van der Waals surface area (Å²) in [5, 5.41) is 0. The average molecular weight is 552 g/mol. The maximum Gasteiger partial charge on any atom is 0.261 e. The molecule has 7 nitrogen and oxygen atoms in total. The highest BCUT2D eigenvalue weighted by Crippen LogP contribution is 2.37. The molecule has 0 aromatic heterocycles. The zero-order valence-corrected chi connectivity index (χ0v) is 20.1. The van der Waals surface area contributed by atoms with Gasteiger partial charge < -0.3 is 14.2 Å². The van der Waals surface area contributed by atoms with Gasteiger partial charge in [0.05, 0.1) is 31.9 Å². The third kappa shape index (κ3) is 5.67. The number of ether oxygens (including phenoxy) is 3. The summed E-state index contributed by atoms with van der Waals surface area (Å²) in [6.45, 7) is 0. The van der Waals surface area contributed by atoms with Crippen LogP contribution in [0.4, 0.5) is 11.4 Å². The molecule has 1 N–H and O–H groups in total. The fourth-order valence-electron chi connectivity index (χ4n) is 2.77. The minimum absolute atomic E-state index is 0.151. The standard InChI is InChI=1S/C22H21IN2O5S/c1-28-20-12-15(13-21(29-2)22(20)30-3)14-24-17-8-10-19(11-9-17)31(26,27)25-18-6-4-16(23)5-7-18/h4-14,25H,1-3H3. The van der Waals surface area contributed by atoms with E-state index in [0.29, 0.717) is 28.6 Å². The van der Waals surface area contributed by atoms with E-state index in [9.17, 15) is 8.42 Å². The quantitative estimate of drug-likeness (QED) is 0.319. The second kappa shape index (κ2) is 10.0. The van der Waals surface area contributed by atoms with Crippen molar-refractivity contribution in [2.75, 3.05) is 26.1 Å². The van der Waals surface area contributed by atoms with Crippen molar-refractivity contribution in [2.24, 2.45) is 4.99 Å². The summed E-state index contributed by atoms with van der Waals surface area (Å²) in [6.07, 6.45) is 1.64. The smallest absolute Gasteiger partial charge is 0.261 e. The van der Waals surface area contributed by atoms with E-state index in [4.69, 9.17) is 14.2 Å². The van der Waals surface area contributed by atoms with Crippen molar-refractivity contribution < 1.29 is 22.6 Å². The van der Waals surface area contributed by atoms with Crippen LogP contribution in [0.3, 0.4) is 0 Å². The number of nitrogens with zero attached hydrogens (tertiary/aromatic N) is 1. The topological polar surface area (TPSA) is 86.2 Å². The third-order valence-corrected chi connectivity index (χ3v) is 6.41. The van der Waals surface area contributed by atoms with E-state index in [0.717, 1.165) is 9.13 Å². The van der Waals surface area contributed by atoms with E-state index in [1.807, 2.05) is 12.1 Å². The van der Waals surface area contributed by atoms with Gasteiger partial charge in [0, 0.05) is 21.0 Å². The predicted molar refractivity (Wildman–Crippen MR) is 130 cm³/mol. The van der Waals surface area contributed by atoms with E-state index in [1.54, 1.807) is 56.8 Å². The Kier molecular flexibility index (Phi) is 7.39. The van der Waals surface area contributed by atoms with Crippen LogP contribution in [0, 0.1) is 3.57 Å². The van der Waals surface area contributed by atoms with Crippen molar-refractivity contribution in [3.05, 3.63) is 69.8 Å². The van der Waals surface area contributed by atoms with Crippen molar-refractivity contribution >= 4 is 50.2 Å². The molecule has 0 aliphatic heterocycles. The molecule has 3 rings (SSSR count). The third-order valence-electron chi connectivity index (χ3n) is 4.29. The molecular formula is C22H21IN2O5S. The van der Waals surface area contributed by atoms with Crippen LogP contribution in [0.25, 0.3) is 0 Å². The number of methoxy groups -OCH3 is 3. The molecule has 0 bridgehead atoms. The van der Waals surface area contributed by atoms with Crippen molar-refractivity contribution in [3.63, 3.8) is 0 Å². The minimum atomic E-state index is -3.69. The predicted octanol–water partition coefficient (Wildman–Crippen LogP) is 4.87. The fourth-order valence-corrected chi connectivity index (χ4v) is 4.19. The summed E-state index contributed by atoms with van der Waals surface area (Å²) in [4.78, 5) is 4.56. The molecule has 0 heterocycles. The molecule has 0 aliphatic carbocycles. The maximum atomic E-state index is 12.6. The molecule has 3 aromatic carbocycles. The lowest BCUT2D eigenvalue weighted by molar-refractivity contribution is 0.324. The van der Waals surface area contributed by atoms with Crippen LogP contribution < -0.4 is 18.9 Å². The van der Waals surface area contributed by atoms with E-state index in [2.05, 4.69) is 32.3 Å². The van der Waals surface area contributed by atoms with E-state index >= 15 is 0 Å². The van der Waals surface area contributed by atoms with Gasteiger partial charge in [-0.2, -0.15) is 0 Å². The fraction of sp³-hybridized carbons (Fsp3) is 0.136. The Morgan fingerprint density at radius 3 is 1.97 bits per heavy atom. The first-order valence-electron chi connectivity index (χ1n) is 9.09. The van der Waals surface area contributed by atoms with E-state index in [1.165, 1.54) is 19.2 Å². The van der Waals surface area contributed by atoms with Crippen molar-refractivity contribution in [1.82, 2.24) is 0 Å². The molecular weight excluding hydrogens is 531 g/mol. The van der Waals surface area contributed by atoms with Gasteiger partial charge in [-0.25, -0.2) is 8.42 Å². The second-order valence-electron chi connectivity index (χ2n) is 6.32. The molecule has 0 atom stereocenters. The summed E-state index contributed by atoms with van der Waals surface area (Å²) in [5.41, 5.74) is 1.85. The zero-order valence-electron chi connectivity index (χ0n) is 17.1. The molecule has 0 spiro atoms. The second-order valence-corrected chi connectivity index (χ2v) is 9.25. The number of hydrogen-bond donors (Lipinski definition) is 1. The van der Waals surface area contributed by atoms with Crippen molar-refractivity contribution in [1.29, 1.82) is 0 Å². The van der Waals surface area contributed by atoms with Gasteiger partial charge in [0.1, 0.15) is 0 Å². The summed E-state index contributed by atoms with van der Waals surface area (Å²) in [5.74, 6) is 1.54. The molecule has 0 fully saturated rings. The summed E-state index contributed by atoms with van der Waals surface area (Å²) < 4.78 is 44.8. The number of hydrogen-bond acceptors (Lipinski definition) is 6. The Hall–Kier alpha value is -2.79. The Morgan fingerprint density at radius 2 is 1.45 bits per heavy atom. The van der Waals surface area contributed by atoms with Crippen LogP contribution in [-0.4, -0.2) is 36.0 Å². The lowest BCUT2D eigenvalue weighted by Gasteiger charge is -2.12. The van der Waals surface area contributed by atoms with Gasteiger partial charge in [-0.3, -0.25) is 9.71 Å². The zero-order chi connectivity index (χ0) is 22.4. The molecule has 0 saturated carbocycles. The molecule has 0 aliphatic rings. The minimum Gasteiger partial charge on any atom is -0.493 e. The molecule has 0 unspecified atom stereocenters. The summed E-state index contributed by atoms with van der Waals surface area (Å²) >= 11 is 2.16. The Labute approximate surface area is 195 Å². The first-order valence-corrected chi connectivity index (χ1v) is 11.6. The number of nitrogens with one attached hydrogen (secondary N) is 1. The molecule has 3 aromatic rings. The van der Waals surface area contributed by atoms with Gasteiger partial charge in [0.15, 0.2) is 11.5 Å². The highest BCUT2D eigenvalue weighted by atomic mass is 127. The van der Waals surface area contributed by atoms with Gasteiger partial charge in [-0.05, 0) is 83.3 Å². The van der Waals surface area contributed by atoms with Gasteiger partial charge in [0.2, 0.25) is 5.75 Å². The van der Waals surface area contributed by atoms with E-state index in [-0.39, 0.29) is 4.90 Å². The monoisotopic (exact) mass is 552 g/mol. The lowest BCUT2D eigenvalue weighted by Crippen LogP contribution is -2.12. The van der Waals surface area contributed by atoms with Gasteiger partial charge in [-0.15, -0.1) is 0 Å². The molecule has 162 valence electrons. The largest absolute Gasteiger partial charge is 0.493 e. The Bertz CT molecular complexity index is 1150. The first-order chi connectivity index (χ1) is 14.9. The van der Waals surface area contributed by atoms with Crippen LogP contribution in [0.15, 0.2) is 70.6 Å². The normalized spacial score (nSPS) is 11.4. The van der Waals surface area contributed by atoms with Gasteiger partial charge in [0.25, 0.3) is 10.0 Å². The van der Waals surface area contributed by atoms with Crippen LogP contribution in [0.2, 0.25) is 0 Å². The molecule has 31 heavy (non-hydrogen) atoms. The number of sulfonamides is 1. The SMILES string of the molecule is COc1cc(C=Nc2ccc(S(=O)(=O)Nc3ccc(I)cc3)cc2)cc(OC)c1OC. The first kappa shape index (κ1) is 22.9. The Morgan fingerprint density at radius 1 is 0.871 bits per heavy atom. The number of halogens is 1. The highest BCUT2D eigenvalue weighted by molar-refractivity contribution is 14.1. The lowest BCUT2D eigenvalue weighted by atomic mass is 10.2. The molecule has 9 heteroatoms. The Balaban J connectivity index is 1.79. The average Bonchev–Trinajstić information content (AvgIpc) is 2.78. The number of benzene rings is 3.